The van der Waals surface area contributed by atoms with Crippen molar-refractivity contribution in [3.8, 4) is 0 Å². The first-order valence-electron chi connectivity index (χ1n) is 7.71. The maximum atomic E-state index is 4.28. The molecule has 1 atom stereocenters. The van der Waals surface area contributed by atoms with Crippen LogP contribution in [0.3, 0.4) is 0 Å². The normalized spacial score (nSPS) is 23.7. The number of allylic oxidation sites excluding steroid dienone is 8. The van der Waals surface area contributed by atoms with Crippen LogP contribution in [0.4, 0.5) is 0 Å². The van der Waals surface area contributed by atoms with Crippen LogP contribution >= 0.6 is 0 Å². The average molecular weight is 274 g/mol. The summed E-state index contributed by atoms with van der Waals surface area (Å²) >= 11 is 0. The van der Waals surface area contributed by atoms with Gasteiger partial charge < -0.3 is 0 Å². The summed E-state index contributed by atoms with van der Waals surface area (Å²) in [6.07, 6.45) is 9.94. The van der Waals surface area contributed by atoms with Crippen molar-refractivity contribution in [1.82, 2.24) is 0 Å². The molecule has 1 aromatic carbocycles. The van der Waals surface area contributed by atoms with E-state index in [2.05, 4.69) is 68.6 Å². The Hall–Kier alpha value is -2.08. The smallest absolute Gasteiger partial charge is 0.00431 e. The van der Waals surface area contributed by atoms with Crippen LogP contribution < -0.4 is 0 Å². The molecule has 1 unspecified atom stereocenters. The first-order chi connectivity index (χ1) is 10.2. The Kier molecular flexibility index (Phi) is 3.79. The fourth-order valence-corrected chi connectivity index (χ4v) is 3.35. The van der Waals surface area contributed by atoms with Gasteiger partial charge in [-0.2, -0.15) is 0 Å². The quantitative estimate of drug-likeness (QED) is 0.605. The van der Waals surface area contributed by atoms with Gasteiger partial charge in [-0.15, -0.1) is 0 Å². The van der Waals surface area contributed by atoms with Crippen LogP contribution in [0.1, 0.15) is 31.7 Å². The van der Waals surface area contributed by atoms with E-state index in [0.29, 0.717) is 5.92 Å². The van der Waals surface area contributed by atoms with Gasteiger partial charge in [0.05, 0.1) is 0 Å². The highest BCUT2D eigenvalue weighted by Crippen LogP contribution is 2.41. The van der Waals surface area contributed by atoms with Crippen molar-refractivity contribution in [2.45, 2.75) is 26.2 Å². The number of rotatable bonds is 3. The summed E-state index contributed by atoms with van der Waals surface area (Å²) in [6.45, 7) is 10.7. The standard InChI is InChI=1S/C21H22/c1-4-21-15(2)12-20(16(21)3)14-17-10-11-19(13-17)18-8-6-5-7-9-18/h5-11,14,21H,2-4,12-13H2,1H3/b20-14+. The SMILES string of the molecule is C=C1C/C(=C\C2=CC=C(c3ccccc3)C2)C(=C)C1CC. The van der Waals surface area contributed by atoms with Crippen LogP contribution in [0.5, 0.6) is 0 Å². The highest BCUT2D eigenvalue weighted by molar-refractivity contribution is 5.73. The predicted octanol–water partition coefficient (Wildman–Crippen LogP) is 5.87. The first kappa shape index (κ1) is 13.9. The molecule has 3 rings (SSSR count). The molecule has 0 aliphatic heterocycles. The molecule has 0 amide bonds. The number of hydrogen-bond donors (Lipinski definition) is 0. The van der Waals surface area contributed by atoms with Gasteiger partial charge in [0.15, 0.2) is 0 Å². The van der Waals surface area contributed by atoms with Crippen LogP contribution in [0.2, 0.25) is 0 Å². The van der Waals surface area contributed by atoms with Gasteiger partial charge in [-0.3, -0.25) is 0 Å². The van der Waals surface area contributed by atoms with E-state index in [1.54, 1.807) is 0 Å². The number of hydrogen-bond acceptors (Lipinski definition) is 0. The van der Waals surface area contributed by atoms with Crippen molar-refractivity contribution in [2.75, 3.05) is 0 Å². The molecule has 0 nitrogen and oxygen atoms in total. The molecule has 0 heteroatoms. The van der Waals surface area contributed by atoms with Crippen LogP contribution in [0.25, 0.3) is 5.57 Å². The highest BCUT2D eigenvalue weighted by Gasteiger charge is 2.25. The van der Waals surface area contributed by atoms with Crippen molar-refractivity contribution in [3.05, 3.63) is 89.6 Å². The summed E-state index contributed by atoms with van der Waals surface area (Å²) in [5, 5.41) is 0. The first-order valence-corrected chi connectivity index (χ1v) is 7.71. The Bertz CT molecular complexity index is 665. The Morgan fingerprint density at radius 1 is 1.10 bits per heavy atom. The zero-order valence-corrected chi connectivity index (χ0v) is 12.7. The van der Waals surface area contributed by atoms with E-state index in [4.69, 9.17) is 0 Å². The summed E-state index contributed by atoms with van der Waals surface area (Å²) < 4.78 is 0. The minimum atomic E-state index is 0.486. The molecular weight excluding hydrogens is 252 g/mol. The molecule has 21 heavy (non-hydrogen) atoms. The summed E-state index contributed by atoms with van der Waals surface area (Å²) in [5.74, 6) is 0.486. The van der Waals surface area contributed by atoms with Gasteiger partial charge in [0, 0.05) is 5.92 Å². The largest absolute Gasteiger partial charge is 0.0989 e. The lowest BCUT2D eigenvalue weighted by Crippen LogP contribution is -1.95. The molecule has 1 aromatic rings. The Labute approximate surface area is 127 Å². The van der Waals surface area contributed by atoms with E-state index < -0.39 is 0 Å². The molecule has 1 fully saturated rings. The maximum absolute atomic E-state index is 4.28. The lowest BCUT2D eigenvalue weighted by Gasteiger charge is -2.08. The van der Waals surface area contributed by atoms with Crippen LogP contribution in [0, 0.1) is 5.92 Å². The van der Waals surface area contributed by atoms with E-state index in [1.165, 1.54) is 33.4 Å². The third kappa shape index (κ3) is 2.71. The maximum Gasteiger partial charge on any atom is 0.00431 e. The van der Waals surface area contributed by atoms with Gasteiger partial charge in [0.2, 0.25) is 0 Å². The Morgan fingerprint density at radius 2 is 1.86 bits per heavy atom. The van der Waals surface area contributed by atoms with E-state index in [1.807, 2.05) is 0 Å². The van der Waals surface area contributed by atoms with Gasteiger partial charge in [-0.05, 0) is 47.1 Å². The third-order valence-electron chi connectivity index (χ3n) is 4.55. The van der Waals surface area contributed by atoms with Crippen molar-refractivity contribution >= 4 is 5.57 Å². The van der Waals surface area contributed by atoms with E-state index in [9.17, 15) is 0 Å². The van der Waals surface area contributed by atoms with E-state index >= 15 is 0 Å². The second-order valence-corrected chi connectivity index (χ2v) is 5.97. The van der Waals surface area contributed by atoms with Crippen LogP contribution in [-0.4, -0.2) is 0 Å². The topological polar surface area (TPSA) is 0 Å². The Balaban J connectivity index is 1.73. The van der Waals surface area contributed by atoms with Crippen molar-refractivity contribution in [3.63, 3.8) is 0 Å². The minimum Gasteiger partial charge on any atom is -0.0989 e. The number of benzene rings is 1. The second-order valence-electron chi connectivity index (χ2n) is 5.97. The summed E-state index contributed by atoms with van der Waals surface area (Å²) in [7, 11) is 0. The lowest BCUT2D eigenvalue weighted by atomic mass is 9.96. The molecule has 0 heterocycles. The van der Waals surface area contributed by atoms with E-state index in [0.717, 1.165) is 19.3 Å². The molecule has 2 aliphatic rings. The minimum absolute atomic E-state index is 0.486. The van der Waals surface area contributed by atoms with Crippen molar-refractivity contribution in [1.29, 1.82) is 0 Å². The molecule has 0 saturated heterocycles. The fraction of sp³-hybridized carbons (Fsp3) is 0.238. The van der Waals surface area contributed by atoms with Crippen molar-refractivity contribution in [2.24, 2.45) is 5.92 Å². The molecule has 106 valence electrons. The molecule has 1 saturated carbocycles. The lowest BCUT2D eigenvalue weighted by molar-refractivity contribution is 0.728. The molecule has 0 N–H and O–H groups in total. The average Bonchev–Trinajstić information content (AvgIpc) is 3.06. The van der Waals surface area contributed by atoms with Gasteiger partial charge in [-0.1, -0.05) is 74.2 Å². The molecule has 0 spiro atoms. The van der Waals surface area contributed by atoms with E-state index in [-0.39, 0.29) is 0 Å². The Morgan fingerprint density at radius 3 is 2.52 bits per heavy atom. The third-order valence-corrected chi connectivity index (χ3v) is 4.55. The van der Waals surface area contributed by atoms with Gasteiger partial charge in [0.25, 0.3) is 0 Å². The second kappa shape index (κ2) is 5.73. The van der Waals surface area contributed by atoms with Gasteiger partial charge in [0.1, 0.15) is 0 Å². The van der Waals surface area contributed by atoms with Crippen LogP contribution in [0.15, 0.2) is 84.0 Å². The fourth-order valence-electron chi connectivity index (χ4n) is 3.35. The monoisotopic (exact) mass is 274 g/mol. The summed E-state index contributed by atoms with van der Waals surface area (Å²) in [5.41, 5.74) is 8.08. The highest BCUT2D eigenvalue weighted by atomic mass is 14.3. The zero-order chi connectivity index (χ0) is 14.8. The predicted molar refractivity (Wildman–Crippen MR) is 91.9 cm³/mol. The van der Waals surface area contributed by atoms with Gasteiger partial charge in [-0.25, -0.2) is 0 Å². The summed E-state index contributed by atoms with van der Waals surface area (Å²) in [6, 6.07) is 10.6. The molecular formula is C21H22. The molecule has 0 radical (unpaired) electrons. The molecule has 0 bridgehead atoms. The summed E-state index contributed by atoms with van der Waals surface area (Å²) in [4.78, 5) is 0. The zero-order valence-electron chi connectivity index (χ0n) is 12.7. The van der Waals surface area contributed by atoms with Crippen LogP contribution in [-0.2, 0) is 0 Å². The van der Waals surface area contributed by atoms with Crippen molar-refractivity contribution < 1.29 is 0 Å². The molecule has 2 aliphatic carbocycles. The van der Waals surface area contributed by atoms with Gasteiger partial charge >= 0.3 is 0 Å². The molecule has 0 aromatic heterocycles.